The van der Waals surface area contributed by atoms with Crippen LogP contribution in [-0.4, -0.2) is 20.0 Å². The zero-order valence-corrected chi connectivity index (χ0v) is 12.5. The van der Waals surface area contributed by atoms with E-state index in [9.17, 15) is 13.2 Å². The van der Waals surface area contributed by atoms with Crippen LogP contribution in [0.5, 0.6) is 0 Å². The maximum Gasteiger partial charge on any atom is 0.185 e. The van der Waals surface area contributed by atoms with Gasteiger partial charge in [0.25, 0.3) is 0 Å². The summed E-state index contributed by atoms with van der Waals surface area (Å²) in [5.74, 6) is -1.19. The van der Waals surface area contributed by atoms with Crippen molar-refractivity contribution in [1.82, 2.24) is 0 Å². The zero-order valence-electron chi connectivity index (χ0n) is 10.2. The first-order valence-corrected chi connectivity index (χ1v) is 8.07. The van der Waals surface area contributed by atoms with Crippen molar-refractivity contribution in [2.75, 3.05) is 5.75 Å². The largest absolute Gasteiger partial charge is 0.293 e. The van der Waals surface area contributed by atoms with E-state index in [1.807, 2.05) is 0 Å². The maximum absolute atomic E-state index is 12.2. The van der Waals surface area contributed by atoms with Gasteiger partial charge in [0.2, 0.25) is 0 Å². The van der Waals surface area contributed by atoms with Crippen LogP contribution in [-0.2, 0) is 9.84 Å². The molecule has 0 aromatic heterocycles. The molecule has 0 atom stereocenters. The molecule has 0 spiro atoms. The van der Waals surface area contributed by atoms with E-state index >= 15 is 0 Å². The normalized spacial score (nSPS) is 11.3. The van der Waals surface area contributed by atoms with Gasteiger partial charge in [0.1, 0.15) is 5.75 Å². The maximum atomic E-state index is 12.2. The molecule has 0 fully saturated rings. The molecule has 2 aromatic rings. The number of Topliss-reactive ketones (excluding diaryl/α,β-unsaturated/α-hetero) is 1. The van der Waals surface area contributed by atoms with E-state index in [2.05, 4.69) is 0 Å². The minimum Gasteiger partial charge on any atom is -0.293 e. The van der Waals surface area contributed by atoms with Crippen LogP contribution in [0, 0.1) is 0 Å². The van der Waals surface area contributed by atoms with Crippen molar-refractivity contribution in [3.8, 4) is 0 Å². The summed E-state index contributed by atoms with van der Waals surface area (Å²) in [6, 6.07) is 12.2. The van der Waals surface area contributed by atoms with E-state index < -0.39 is 21.4 Å². The molecule has 3 nitrogen and oxygen atoms in total. The summed E-state index contributed by atoms with van der Waals surface area (Å²) >= 11 is 11.6. The number of carbonyl (C=O) groups is 1. The third-order valence-electron chi connectivity index (χ3n) is 2.65. The van der Waals surface area contributed by atoms with E-state index in [4.69, 9.17) is 23.2 Å². The molecule has 2 aromatic carbocycles. The van der Waals surface area contributed by atoms with Crippen molar-refractivity contribution in [1.29, 1.82) is 0 Å². The molecule has 2 rings (SSSR count). The highest BCUT2D eigenvalue weighted by Gasteiger charge is 2.21. The quantitative estimate of drug-likeness (QED) is 0.805. The van der Waals surface area contributed by atoms with Crippen LogP contribution in [0.2, 0.25) is 10.0 Å². The van der Waals surface area contributed by atoms with E-state index in [0.717, 1.165) is 0 Å². The summed E-state index contributed by atoms with van der Waals surface area (Å²) in [5, 5.41) is 0.537. The van der Waals surface area contributed by atoms with Crippen LogP contribution in [0.1, 0.15) is 10.4 Å². The van der Waals surface area contributed by atoms with Gasteiger partial charge in [0.05, 0.1) is 9.92 Å². The molecule has 0 saturated heterocycles. The van der Waals surface area contributed by atoms with Gasteiger partial charge in [0, 0.05) is 10.6 Å². The van der Waals surface area contributed by atoms with E-state index in [1.165, 1.54) is 24.3 Å². The summed E-state index contributed by atoms with van der Waals surface area (Å²) in [6.45, 7) is 0. The Morgan fingerprint density at radius 1 is 1.00 bits per heavy atom. The fourth-order valence-corrected chi connectivity index (χ4v) is 3.44. The van der Waals surface area contributed by atoms with Crippen LogP contribution in [0.15, 0.2) is 53.4 Å². The lowest BCUT2D eigenvalue weighted by Gasteiger charge is -2.05. The van der Waals surface area contributed by atoms with Crippen molar-refractivity contribution < 1.29 is 13.2 Å². The molecular formula is C14H10Cl2O3S. The molecule has 104 valence electrons. The molecule has 0 unspecified atom stereocenters. The lowest BCUT2D eigenvalue weighted by molar-refractivity contribution is 0.102. The van der Waals surface area contributed by atoms with Gasteiger partial charge < -0.3 is 0 Å². The first kappa shape index (κ1) is 15.0. The third-order valence-corrected chi connectivity index (χ3v) is 4.83. The number of hydrogen-bond donors (Lipinski definition) is 0. The molecule has 0 radical (unpaired) electrons. The Labute approximate surface area is 127 Å². The Hall–Kier alpha value is -1.36. The van der Waals surface area contributed by atoms with Crippen molar-refractivity contribution in [3.05, 3.63) is 64.1 Å². The zero-order chi connectivity index (χ0) is 14.8. The first-order chi connectivity index (χ1) is 9.40. The van der Waals surface area contributed by atoms with Gasteiger partial charge >= 0.3 is 0 Å². The standard InChI is InChI=1S/C14H10Cl2O3S/c15-10-4-3-5-11(8-10)20(18,19)9-14(17)12-6-1-2-7-13(12)16/h1-8H,9H2. The second-order valence-electron chi connectivity index (χ2n) is 4.12. The molecule has 0 N–H and O–H groups in total. The van der Waals surface area contributed by atoms with Gasteiger partial charge in [-0.1, -0.05) is 41.4 Å². The number of ketones is 1. The molecule has 6 heteroatoms. The number of hydrogen-bond acceptors (Lipinski definition) is 3. The number of rotatable bonds is 4. The van der Waals surface area contributed by atoms with Gasteiger partial charge in [-0.2, -0.15) is 0 Å². The monoisotopic (exact) mass is 328 g/mol. The van der Waals surface area contributed by atoms with Crippen LogP contribution < -0.4 is 0 Å². The lowest BCUT2D eigenvalue weighted by Crippen LogP contribution is -2.16. The predicted molar refractivity (Wildman–Crippen MR) is 79.3 cm³/mol. The molecule has 0 aliphatic rings. The molecule has 0 heterocycles. The topological polar surface area (TPSA) is 51.2 Å². The fourth-order valence-electron chi connectivity index (χ4n) is 1.68. The second kappa shape index (κ2) is 5.95. The highest BCUT2D eigenvalue weighted by Crippen LogP contribution is 2.20. The molecule has 0 aliphatic carbocycles. The third kappa shape index (κ3) is 3.39. The molecular weight excluding hydrogens is 319 g/mol. The van der Waals surface area contributed by atoms with Gasteiger partial charge in [-0.25, -0.2) is 8.42 Å². The average Bonchev–Trinajstić information content (AvgIpc) is 2.38. The fraction of sp³-hybridized carbons (Fsp3) is 0.0714. The molecule has 0 amide bonds. The van der Waals surface area contributed by atoms with Gasteiger partial charge in [-0.05, 0) is 30.3 Å². The number of halogens is 2. The summed E-state index contributed by atoms with van der Waals surface area (Å²) in [6.07, 6.45) is 0. The predicted octanol–water partition coefficient (Wildman–Crippen LogP) is 3.65. The highest BCUT2D eigenvalue weighted by molar-refractivity contribution is 7.92. The van der Waals surface area contributed by atoms with Crippen LogP contribution in [0.4, 0.5) is 0 Å². The van der Waals surface area contributed by atoms with E-state index in [1.54, 1.807) is 24.3 Å². The minimum absolute atomic E-state index is 0.0189. The van der Waals surface area contributed by atoms with Crippen molar-refractivity contribution in [3.63, 3.8) is 0 Å². The Balaban J connectivity index is 2.30. The van der Waals surface area contributed by atoms with Crippen molar-refractivity contribution >= 4 is 38.8 Å². The first-order valence-electron chi connectivity index (χ1n) is 5.66. The van der Waals surface area contributed by atoms with Gasteiger partial charge in [0.15, 0.2) is 15.6 Å². The summed E-state index contributed by atoms with van der Waals surface area (Å²) < 4.78 is 24.3. The van der Waals surface area contributed by atoms with Crippen LogP contribution in [0.3, 0.4) is 0 Å². The number of carbonyl (C=O) groups excluding carboxylic acids is 1. The second-order valence-corrected chi connectivity index (χ2v) is 6.95. The Kier molecular flexibility index (Phi) is 4.48. The summed E-state index contributed by atoms with van der Waals surface area (Å²) in [5.41, 5.74) is 0.194. The van der Waals surface area contributed by atoms with Crippen LogP contribution in [0.25, 0.3) is 0 Å². The summed E-state index contributed by atoms with van der Waals surface area (Å²) in [7, 11) is -3.74. The van der Waals surface area contributed by atoms with Gasteiger partial charge in [-0.15, -0.1) is 0 Å². The average molecular weight is 329 g/mol. The van der Waals surface area contributed by atoms with Crippen LogP contribution >= 0.6 is 23.2 Å². The van der Waals surface area contributed by atoms with E-state index in [-0.39, 0.29) is 15.5 Å². The molecule has 0 aliphatic heterocycles. The molecule has 0 saturated carbocycles. The number of sulfone groups is 1. The molecule has 20 heavy (non-hydrogen) atoms. The lowest BCUT2D eigenvalue weighted by atomic mass is 10.1. The Morgan fingerprint density at radius 2 is 1.70 bits per heavy atom. The summed E-state index contributed by atoms with van der Waals surface area (Å²) in [4.78, 5) is 12.1. The smallest absolute Gasteiger partial charge is 0.185 e. The molecule has 0 bridgehead atoms. The van der Waals surface area contributed by atoms with Crippen molar-refractivity contribution in [2.45, 2.75) is 4.90 Å². The van der Waals surface area contributed by atoms with Crippen molar-refractivity contribution in [2.24, 2.45) is 0 Å². The SMILES string of the molecule is O=C(CS(=O)(=O)c1cccc(Cl)c1)c1ccccc1Cl. The van der Waals surface area contributed by atoms with Gasteiger partial charge in [-0.3, -0.25) is 4.79 Å². The minimum atomic E-state index is -3.74. The highest BCUT2D eigenvalue weighted by atomic mass is 35.5. The number of benzene rings is 2. The van der Waals surface area contributed by atoms with E-state index in [0.29, 0.717) is 5.02 Å². The Bertz CT molecular complexity index is 755. The Morgan fingerprint density at radius 3 is 2.35 bits per heavy atom.